The summed E-state index contributed by atoms with van der Waals surface area (Å²) in [5.74, 6) is -2.26. The molecule has 1 fully saturated rings. The summed E-state index contributed by atoms with van der Waals surface area (Å²) in [7, 11) is 0. The van der Waals surface area contributed by atoms with Gasteiger partial charge in [0.2, 0.25) is 0 Å². The molecule has 3 N–H and O–H groups in total. The van der Waals surface area contributed by atoms with Crippen molar-refractivity contribution in [3.63, 3.8) is 0 Å². The number of carbonyl (C=O) groups excluding carboxylic acids is 1. The van der Waals surface area contributed by atoms with Gasteiger partial charge in [-0.15, -0.1) is 0 Å². The number of benzene rings is 1. The summed E-state index contributed by atoms with van der Waals surface area (Å²) in [5, 5.41) is 2.85. The Labute approximate surface area is 117 Å². The van der Waals surface area contributed by atoms with E-state index in [0.29, 0.717) is 0 Å². The van der Waals surface area contributed by atoms with Crippen LogP contribution in [0.3, 0.4) is 0 Å². The molecule has 1 aliphatic carbocycles. The fourth-order valence-corrected chi connectivity index (χ4v) is 2.81. The van der Waals surface area contributed by atoms with E-state index in [2.05, 4.69) is 19.2 Å². The van der Waals surface area contributed by atoms with Crippen LogP contribution in [0.15, 0.2) is 12.1 Å². The third kappa shape index (κ3) is 3.26. The Balaban J connectivity index is 2.09. The van der Waals surface area contributed by atoms with Crippen molar-refractivity contribution in [1.82, 2.24) is 5.32 Å². The van der Waals surface area contributed by atoms with E-state index < -0.39 is 23.2 Å². The Bertz CT molecular complexity index is 506. The molecule has 0 radical (unpaired) electrons. The lowest BCUT2D eigenvalue weighted by molar-refractivity contribution is 0.0901. The molecule has 1 amide bonds. The first-order valence-electron chi connectivity index (χ1n) is 6.84. The number of amides is 1. The maximum absolute atomic E-state index is 13.4. The van der Waals surface area contributed by atoms with Gasteiger partial charge in [0.05, 0.1) is 0 Å². The predicted molar refractivity (Wildman–Crippen MR) is 74.3 cm³/mol. The minimum atomic E-state index is -0.904. The first-order chi connectivity index (χ1) is 9.28. The van der Waals surface area contributed by atoms with Gasteiger partial charge in [-0.05, 0) is 36.8 Å². The Kier molecular flexibility index (Phi) is 3.97. The highest BCUT2D eigenvalue weighted by molar-refractivity contribution is 5.94. The van der Waals surface area contributed by atoms with E-state index in [9.17, 15) is 13.6 Å². The normalized spacial score (nSPS) is 21.5. The average Bonchev–Trinajstić information content (AvgIpc) is 2.34. The molecule has 0 aromatic heterocycles. The second kappa shape index (κ2) is 5.38. The Morgan fingerprint density at radius 2 is 1.95 bits per heavy atom. The molecule has 0 saturated heterocycles. The van der Waals surface area contributed by atoms with Crippen molar-refractivity contribution < 1.29 is 13.6 Å². The number of carbonyl (C=O) groups is 1. The first kappa shape index (κ1) is 14.8. The van der Waals surface area contributed by atoms with Crippen LogP contribution in [0.2, 0.25) is 0 Å². The second-order valence-electron chi connectivity index (χ2n) is 6.28. The van der Waals surface area contributed by atoms with Crippen molar-refractivity contribution in [2.75, 3.05) is 5.73 Å². The van der Waals surface area contributed by atoms with E-state index in [1.807, 2.05) is 0 Å². The molecule has 1 atom stereocenters. The lowest BCUT2D eigenvalue weighted by Crippen LogP contribution is -2.40. The van der Waals surface area contributed by atoms with Crippen molar-refractivity contribution in [2.45, 2.75) is 45.6 Å². The van der Waals surface area contributed by atoms with Crippen molar-refractivity contribution in [2.24, 2.45) is 5.41 Å². The van der Waals surface area contributed by atoms with Crippen LogP contribution in [0, 0.1) is 17.0 Å². The van der Waals surface area contributed by atoms with Gasteiger partial charge in [-0.3, -0.25) is 4.79 Å². The highest BCUT2D eigenvalue weighted by Gasteiger charge is 2.29. The zero-order valence-corrected chi connectivity index (χ0v) is 11.8. The zero-order chi connectivity index (χ0) is 14.9. The van der Waals surface area contributed by atoms with Gasteiger partial charge in [-0.1, -0.05) is 20.3 Å². The minimum absolute atomic E-state index is 0.0300. The van der Waals surface area contributed by atoms with Gasteiger partial charge in [0.25, 0.3) is 5.91 Å². The predicted octanol–water partition coefficient (Wildman–Crippen LogP) is 3.25. The van der Waals surface area contributed by atoms with Crippen LogP contribution in [0.5, 0.6) is 0 Å². The molecule has 0 bridgehead atoms. The number of hydrogen-bond donors (Lipinski definition) is 2. The third-order valence-corrected chi connectivity index (χ3v) is 3.88. The molecule has 1 aliphatic rings. The first-order valence-corrected chi connectivity index (χ1v) is 6.84. The van der Waals surface area contributed by atoms with E-state index in [4.69, 9.17) is 5.73 Å². The number of hydrogen-bond acceptors (Lipinski definition) is 2. The number of rotatable bonds is 2. The fraction of sp³-hybridized carbons (Fsp3) is 0.533. The Morgan fingerprint density at radius 3 is 2.50 bits per heavy atom. The summed E-state index contributed by atoms with van der Waals surface area (Å²) >= 11 is 0. The lowest BCUT2D eigenvalue weighted by atomic mass is 9.75. The van der Waals surface area contributed by atoms with Crippen LogP contribution in [0.4, 0.5) is 14.5 Å². The van der Waals surface area contributed by atoms with Crippen molar-refractivity contribution in [3.05, 3.63) is 29.3 Å². The zero-order valence-electron chi connectivity index (χ0n) is 11.8. The van der Waals surface area contributed by atoms with Crippen molar-refractivity contribution in [1.29, 1.82) is 0 Å². The maximum atomic E-state index is 13.4. The molecule has 0 spiro atoms. The smallest absolute Gasteiger partial charge is 0.251 e. The van der Waals surface area contributed by atoms with Gasteiger partial charge in [-0.2, -0.15) is 0 Å². The topological polar surface area (TPSA) is 55.1 Å². The molecule has 20 heavy (non-hydrogen) atoms. The van der Waals surface area contributed by atoms with Gasteiger partial charge < -0.3 is 11.1 Å². The molecule has 1 aromatic carbocycles. The number of nitrogen functional groups attached to an aromatic ring is 1. The van der Waals surface area contributed by atoms with Gasteiger partial charge >= 0.3 is 0 Å². The molecule has 5 heteroatoms. The summed E-state index contributed by atoms with van der Waals surface area (Å²) in [6.07, 6.45) is 3.95. The van der Waals surface area contributed by atoms with Crippen molar-refractivity contribution in [3.8, 4) is 0 Å². The fourth-order valence-electron chi connectivity index (χ4n) is 2.81. The quantitative estimate of drug-likeness (QED) is 0.818. The van der Waals surface area contributed by atoms with E-state index in [1.165, 1.54) is 0 Å². The van der Waals surface area contributed by atoms with Gasteiger partial charge in [0.1, 0.15) is 17.3 Å². The van der Waals surface area contributed by atoms with Crippen LogP contribution in [0.1, 0.15) is 49.9 Å². The average molecular weight is 282 g/mol. The summed E-state index contributed by atoms with van der Waals surface area (Å²) in [5.41, 5.74) is 4.79. The van der Waals surface area contributed by atoms with Crippen LogP contribution in [0.25, 0.3) is 0 Å². The minimum Gasteiger partial charge on any atom is -0.394 e. The molecule has 0 heterocycles. The van der Waals surface area contributed by atoms with Gasteiger partial charge in [0, 0.05) is 11.6 Å². The molecule has 0 aliphatic heterocycles. The van der Waals surface area contributed by atoms with Crippen LogP contribution >= 0.6 is 0 Å². The SMILES string of the molecule is CC1(C)CCCC(NC(=O)c2cc(F)c(N)c(F)c2)C1. The van der Waals surface area contributed by atoms with Gasteiger partial charge in [-0.25, -0.2) is 8.78 Å². The summed E-state index contributed by atoms with van der Waals surface area (Å²) in [6, 6.07) is 2.00. The summed E-state index contributed by atoms with van der Waals surface area (Å²) < 4.78 is 26.7. The molecule has 3 nitrogen and oxygen atoms in total. The van der Waals surface area contributed by atoms with E-state index in [-0.39, 0.29) is 17.0 Å². The highest BCUT2D eigenvalue weighted by atomic mass is 19.1. The summed E-state index contributed by atoms with van der Waals surface area (Å²) in [4.78, 5) is 12.1. The maximum Gasteiger partial charge on any atom is 0.251 e. The van der Waals surface area contributed by atoms with Crippen LogP contribution < -0.4 is 11.1 Å². The standard InChI is InChI=1S/C15H20F2N2O/c1-15(2)5-3-4-10(8-15)19-14(20)9-6-11(16)13(18)12(17)7-9/h6-7,10H,3-5,8,18H2,1-2H3,(H,19,20). The third-order valence-electron chi connectivity index (χ3n) is 3.88. The van der Waals surface area contributed by atoms with Gasteiger partial charge in [0.15, 0.2) is 0 Å². The number of nitrogens with one attached hydrogen (secondary N) is 1. The molecule has 1 saturated carbocycles. The summed E-state index contributed by atoms with van der Waals surface area (Å²) in [6.45, 7) is 4.32. The van der Waals surface area contributed by atoms with Crippen LogP contribution in [-0.2, 0) is 0 Å². The van der Waals surface area contributed by atoms with Crippen molar-refractivity contribution >= 4 is 11.6 Å². The number of halogens is 2. The second-order valence-corrected chi connectivity index (χ2v) is 6.28. The number of anilines is 1. The Morgan fingerprint density at radius 1 is 1.35 bits per heavy atom. The van der Waals surface area contributed by atoms with E-state index in [1.54, 1.807) is 0 Å². The largest absolute Gasteiger partial charge is 0.394 e. The molecule has 2 rings (SSSR count). The molecular formula is C15H20F2N2O. The molecule has 1 aromatic rings. The van der Waals surface area contributed by atoms with E-state index >= 15 is 0 Å². The highest BCUT2D eigenvalue weighted by Crippen LogP contribution is 2.35. The lowest BCUT2D eigenvalue weighted by Gasteiger charge is -2.35. The number of nitrogens with two attached hydrogens (primary N) is 1. The monoisotopic (exact) mass is 282 g/mol. The molecule has 1 unspecified atom stereocenters. The molecule has 110 valence electrons. The molecular weight excluding hydrogens is 262 g/mol. The van der Waals surface area contributed by atoms with E-state index in [0.717, 1.165) is 37.8 Å². The Hall–Kier alpha value is -1.65. The van der Waals surface area contributed by atoms with Crippen LogP contribution in [-0.4, -0.2) is 11.9 Å².